The lowest BCUT2D eigenvalue weighted by atomic mass is 9.89. The van der Waals surface area contributed by atoms with Crippen molar-refractivity contribution in [2.24, 2.45) is 0 Å². The summed E-state index contributed by atoms with van der Waals surface area (Å²) in [6.45, 7) is 4.36. The van der Waals surface area contributed by atoms with E-state index in [0.717, 1.165) is 13.1 Å². The summed E-state index contributed by atoms with van der Waals surface area (Å²) in [4.78, 5) is 2.53. The number of nitrogens with zero attached hydrogens (tertiary/aromatic N) is 1. The first-order valence-electron chi connectivity index (χ1n) is 7.29. The van der Waals surface area contributed by atoms with Crippen molar-refractivity contribution in [3.05, 3.63) is 35.9 Å². The van der Waals surface area contributed by atoms with Crippen LogP contribution >= 0.6 is 0 Å². The summed E-state index contributed by atoms with van der Waals surface area (Å²) in [6, 6.07) is 12.2. The maximum absolute atomic E-state index is 3.66. The Labute approximate surface area is 111 Å². The summed E-state index contributed by atoms with van der Waals surface area (Å²) >= 11 is 0. The van der Waals surface area contributed by atoms with Crippen LogP contribution in [0.3, 0.4) is 0 Å². The van der Waals surface area contributed by atoms with E-state index in [2.05, 4.69) is 54.5 Å². The normalized spacial score (nSPS) is 24.4. The lowest BCUT2D eigenvalue weighted by Gasteiger charge is -2.38. The molecule has 2 atom stereocenters. The second-order valence-electron chi connectivity index (χ2n) is 5.42. The van der Waals surface area contributed by atoms with Gasteiger partial charge < -0.3 is 5.32 Å². The van der Waals surface area contributed by atoms with E-state index >= 15 is 0 Å². The van der Waals surface area contributed by atoms with Gasteiger partial charge in [-0.15, -0.1) is 0 Å². The largest absolute Gasteiger partial charge is 0.313 e. The van der Waals surface area contributed by atoms with E-state index in [1.54, 1.807) is 0 Å². The van der Waals surface area contributed by atoms with Gasteiger partial charge in [-0.2, -0.15) is 0 Å². The summed E-state index contributed by atoms with van der Waals surface area (Å²) < 4.78 is 0. The molecule has 0 aliphatic heterocycles. The lowest BCUT2D eigenvalue weighted by Crippen LogP contribution is -2.50. The highest BCUT2D eigenvalue weighted by atomic mass is 15.2. The van der Waals surface area contributed by atoms with Gasteiger partial charge in [0, 0.05) is 18.6 Å². The number of hydrogen-bond acceptors (Lipinski definition) is 2. The molecule has 0 bridgehead atoms. The van der Waals surface area contributed by atoms with Crippen molar-refractivity contribution < 1.29 is 0 Å². The highest BCUT2D eigenvalue weighted by Gasteiger charge is 2.27. The maximum Gasteiger partial charge on any atom is 0.0249 e. The minimum Gasteiger partial charge on any atom is -0.313 e. The summed E-state index contributed by atoms with van der Waals surface area (Å²) in [5, 5.41) is 3.66. The van der Waals surface area contributed by atoms with E-state index in [9.17, 15) is 0 Å². The average Bonchev–Trinajstić information content (AvgIpc) is 2.41. The van der Waals surface area contributed by atoms with Gasteiger partial charge in [0.2, 0.25) is 0 Å². The van der Waals surface area contributed by atoms with Crippen LogP contribution in [0.4, 0.5) is 0 Å². The van der Waals surface area contributed by atoms with Gasteiger partial charge in [-0.1, -0.05) is 50.1 Å². The zero-order valence-electron chi connectivity index (χ0n) is 11.7. The van der Waals surface area contributed by atoms with Crippen molar-refractivity contribution in [2.45, 2.75) is 51.2 Å². The SMILES string of the molecule is CCNC1CCCCC1N(C)Cc1ccccc1. The fraction of sp³-hybridized carbons (Fsp3) is 0.625. The topological polar surface area (TPSA) is 15.3 Å². The van der Waals surface area contributed by atoms with Gasteiger partial charge in [0.1, 0.15) is 0 Å². The van der Waals surface area contributed by atoms with E-state index < -0.39 is 0 Å². The Morgan fingerprint density at radius 1 is 1.17 bits per heavy atom. The van der Waals surface area contributed by atoms with Crippen LogP contribution in [0.15, 0.2) is 30.3 Å². The Morgan fingerprint density at radius 3 is 2.61 bits per heavy atom. The molecule has 18 heavy (non-hydrogen) atoms. The second-order valence-corrected chi connectivity index (χ2v) is 5.42. The molecule has 2 heteroatoms. The molecule has 0 aromatic heterocycles. The first-order valence-corrected chi connectivity index (χ1v) is 7.29. The van der Waals surface area contributed by atoms with E-state index in [1.165, 1.54) is 31.2 Å². The molecule has 0 saturated heterocycles. The van der Waals surface area contributed by atoms with Gasteiger partial charge in [0.15, 0.2) is 0 Å². The molecule has 1 saturated carbocycles. The van der Waals surface area contributed by atoms with Crippen LogP contribution in [-0.2, 0) is 6.54 Å². The molecule has 100 valence electrons. The Balaban J connectivity index is 1.95. The molecular weight excluding hydrogens is 220 g/mol. The van der Waals surface area contributed by atoms with Gasteiger partial charge in [-0.3, -0.25) is 4.90 Å². The smallest absolute Gasteiger partial charge is 0.0249 e. The van der Waals surface area contributed by atoms with E-state index in [0.29, 0.717) is 12.1 Å². The summed E-state index contributed by atoms with van der Waals surface area (Å²) in [7, 11) is 2.27. The first-order chi connectivity index (χ1) is 8.81. The lowest BCUT2D eigenvalue weighted by molar-refractivity contribution is 0.144. The predicted molar refractivity (Wildman–Crippen MR) is 77.6 cm³/mol. The third-order valence-electron chi connectivity index (χ3n) is 4.04. The molecular formula is C16H26N2. The maximum atomic E-state index is 3.66. The zero-order valence-corrected chi connectivity index (χ0v) is 11.7. The standard InChI is InChI=1S/C16H26N2/c1-3-17-15-11-7-8-12-16(15)18(2)13-14-9-5-4-6-10-14/h4-6,9-10,15-17H,3,7-8,11-13H2,1-2H3. The van der Waals surface area contributed by atoms with Gasteiger partial charge in [0.05, 0.1) is 0 Å². The van der Waals surface area contributed by atoms with Crippen LogP contribution in [0, 0.1) is 0 Å². The number of nitrogens with one attached hydrogen (secondary N) is 1. The molecule has 1 fully saturated rings. The molecule has 1 aromatic carbocycles. The van der Waals surface area contributed by atoms with Crippen LogP contribution < -0.4 is 5.32 Å². The Kier molecular flexibility index (Phi) is 5.21. The van der Waals surface area contributed by atoms with Crippen LogP contribution in [-0.4, -0.2) is 30.6 Å². The monoisotopic (exact) mass is 246 g/mol. The Morgan fingerprint density at radius 2 is 1.89 bits per heavy atom. The van der Waals surface area contributed by atoms with Crippen LogP contribution in [0.25, 0.3) is 0 Å². The van der Waals surface area contributed by atoms with E-state index in [1.807, 2.05) is 0 Å². The molecule has 1 aliphatic rings. The van der Waals surface area contributed by atoms with Gasteiger partial charge >= 0.3 is 0 Å². The van der Waals surface area contributed by atoms with Crippen LogP contribution in [0.2, 0.25) is 0 Å². The Hall–Kier alpha value is -0.860. The third-order valence-corrected chi connectivity index (χ3v) is 4.04. The summed E-state index contributed by atoms with van der Waals surface area (Å²) in [5.74, 6) is 0. The molecule has 0 spiro atoms. The van der Waals surface area contributed by atoms with Crippen molar-refractivity contribution in [3.8, 4) is 0 Å². The highest BCUT2D eigenvalue weighted by molar-refractivity contribution is 5.14. The Bertz CT molecular complexity index is 334. The molecule has 0 heterocycles. The van der Waals surface area contributed by atoms with Crippen LogP contribution in [0.5, 0.6) is 0 Å². The fourth-order valence-electron chi connectivity index (χ4n) is 3.13. The quantitative estimate of drug-likeness (QED) is 0.859. The molecule has 2 nitrogen and oxygen atoms in total. The van der Waals surface area contributed by atoms with Gasteiger partial charge in [-0.05, 0) is 32.0 Å². The fourth-order valence-corrected chi connectivity index (χ4v) is 3.13. The molecule has 2 rings (SSSR count). The molecule has 2 unspecified atom stereocenters. The summed E-state index contributed by atoms with van der Waals surface area (Å²) in [6.07, 6.45) is 5.43. The van der Waals surface area contributed by atoms with Crippen LogP contribution in [0.1, 0.15) is 38.2 Å². The molecule has 0 radical (unpaired) electrons. The van der Waals surface area contributed by atoms with E-state index in [4.69, 9.17) is 0 Å². The average molecular weight is 246 g/mol. The van der Waals surface area contributed by atoms with Crippen molar-refractivity contribution in [1.29, 1.82) is 0 Å². The van der Waals surface area contributed by atoms with Crippen molar-refractivity contribution in [3.63, 3.8) is 0 Å². The number of hydrogen-bond donors (Lipinski definition) is 1. The molecule has 1 aliphatic carbocycles. The number of benzene rings is 1. The van der Waals surface area contributed by atoms with Crippen molar-refractivity contribution in [1.82, 2.24) is 10.2 Å². The van der Waals surface area contributed by atoms with Crippen molar-refractivity contribution >= 4 is 0 Å². The number of rotatable bonds is 5. The molecule has 0 amide bonds. The minimum atomic E-state index is 0.678. The second kappa shape index (κ2) is 6.91. The summed E-state index contributed by atoms with van der Waals surface area (Å²) in [5.41, 5.74) is 1.42. The third kappa shape index (κ3) is 3.56. The highest BCUT2D eigenvalue weighted by Crippen LogP contribution is 2.23. The van der Waals surface area contributed by atoms with Gasteiger partial charge in [0.25, 0.3) is 0 Å². The molecule has 1 aromatic rings. The predicted octanol–water partition coefficient (Wildman–Crippen LogP) is 3.04. The number of likely N-dealkylation sites (N-methyl/N-ethyl adjacent to an activating group) is 2. The molecule has 1 N–H and O–H groups in total. The van der Waals surface area contributed by atoms with E-state index in [-0.39, 0.29) is 0 Å². The van der Waals surface area contributed by atoms with Gasteiger partial charge in [-0.25, -0.2) is 0 Å². The van der Waals surface area contributed by atoms with Crippen molar-refractivity contribution in [2.75, 3.05) is 13.6 Å². The zero-order chi connectivity index (χ0) is 12.8. The first kappa shape index (κ1) is 13.6. The minimum absolute atomic E-state index is 0.678.